The molecule has 0 aromatic carbocycles. The van der Waals surface area contributed by atoms with E-state index >= 15 is 0 Å². The van der Waals surface area contributed by atoms with Crippen LogP contribution in [0.2, 0.25) is 0 Å². The number of rotatable bonds is 4. The average molecular weight is 168 g/mol. The predicted octanol–water partition coefficient (Wildman–Crippen LogP) is 1.61. The largest absolute Gasteiger partial charge is 0.304 e. The van der Waals surface area contributed by atoms with Gasteiger partial charge in [0.25, 0.3) is 0 Å². The molecule has 1 aliphatic heterocycles. The van der Waals surface area contributed by atoms with Crippen LogP contribution in [0.1, 0.15) is 32.6 Å². The standard InChI is InChI=1S/C10H18NO/c1-2-11-7-5-10(6-8-11)4-3-9-12/h10H,2-8H2,1H3. The number of carbonyl (C=O) groups excluding carboxylic acids is 1. The van der Waals surface area contributed by atoms with Gasteiger partial charge in [0.2, 0.25) is 0 Å². The zero-order chi connectivity index (χ0) is 8.81. The highest BCUT2D eigenvalue weighted by atomic mass is 16.1. The minimum atomic E-state index is 0.636. The summed E-state index contributed by atoms with van der Waals surface area (Å²) in [7, 11) is 0. The Hall–Kier alpha value is -0.370. The first-order valence-corrected chi connectivity index (χ1v) is 4.94. The lowest BCUT2D eigenvalue weighted by Crippen LogP contribution is -2.33. The van der Waals surface area contributed by atoms with E-state index in [4.69, 9.17) is 0 Å². The smallest absolute Gasteiger partial charge is 0.198 e. The van der Waals surface area contributed by atoms with Gasteiger partial charge in [0.15, 0.2) is 6.29 Å². The fraction of sp³-hybridized carbons (Fsp3) is 0.900. The lowest BCUT2D eigenvalue weighted by atomic mass is 9.92. The van der Waals surface area contributed by atoms with E-state index in [1.165, 1.54) is 32.5 Å². The van der Waals surface area contributed by atoms with E-state index in [2.05, 4.69) is 11.8 Å². The molecule has 0 atom stereocenters. The van der Waals surface area contributed by atoms with Crippen molar-refractivity contribution >= 4 is 6.29 Å². The summed E-state index contributed by atoms with van der Waals surface area (Å²) in [4.78, 5) is 12.5. The quantitative estimate of drug-likeness (QED) is 0.635. The van der Waals surface area contributed by atoms with Crippen LogP contribution < -0.4 is 0 Å². The number of likely N-dealkylation sites (tertiary alicyclic amines) is 1. The third kappa shape index (κ3) is 2.94. The maximum atomic E-state index is 10.0. The molecule has 2 nitrogen and oxygen atoms in total. The van der Waals surface area contributed by atoms with Crippen LogP contribution in [0.15, 0.2) is 0 Å². The van der Waals surface area contributed by atoms with Crippen molar-refractivity contribution in [1.29, 1.82) is 0 Å². The highest BCUT2D eigenvalue weighted by molar-refractivity contribution is 5.50. The minimum absolute atomic E-state index is 0.636. The van der Waals surface area contributed by atoms with Crippen molar-refractivity contribution in [1.82, 2.24) is 4.90 Å². The Morgan fingerprint density at radius 2 is 2.08 bits per heavy atom. The second-order valence-corrected chi connectivity index (χ2v) is 3.56. The molecule has 0 aromatic heterocycles. The summed E-state index contributed by atoms with van der Waals surface area (Å²) >= 11 is 0. The van der Waals surface area contributed by atoms with Crippen LogP contribution in [0, 0.1) is 5.92 Å². The van der Waals surface area contributed by atoms with Gasteiger partial charge in [-0.2, -0.15) is 0 Å². The fourth-order valence-corrected chi connectivity index (χ4v) is 1.85. The molecule has 1 saturated heterocycles. The van der Waals surface area contributed by atoms with Gasteiger partial charge in [0.05, 0.1) is 0 Å². The Balaban J connectivity index is 2.12. The number of hydrogen-bond donors (Lipinski definition) is 0. The molecule has 0 bridgehead atoms. The van der Waals surface area contributed by atoms with E-state index in [1.54, 1.807) is 0 Å². The number of nitrogens with zero attached hydrogens (tertiary/aromatic N) is 1. The fourth-order valence-electron chi connectivity index (χ4n) is 1.85. The lowest BCUT2D eigenvalue weighted by Gasteiger charge is -2.30. The van der Waals surface area contributed by atoms with Crippen molar-refractivity contribution in [3.8, 4) is 0 Å². The molecule has 0 amide bonds. The van der Waals surface area contributed by atoms with E-state index in [0.29, 0.717) is 6.42 Å². The summed E-state index contributed by atoms with van der Waals surface area (Å²) in [6.45, 7) is 5.83. The summed E-state index contributed by atoms with van der Waals surface area (Å²) < 4.78 is 0. The second-order valence-electron chi connectivity index (χ2n) is 3.56. The molecule has 1 rings (SSSR count). The molecule has 2 heteroatoms. The predicted molar refractivity (Wildman–Crippen MR) is 49.8 cm³/mol. The Bertz CT molecular complexity index is 128. The third-order valence-corrected chi connectivity index (χ3v) is 2.81. The molecule has 0 N–H and O–H groups in total. The van der Waals surface area contributed by atoms with Crippen LogP contribution in [0.4, 0.5) is 0 Å². The van der Waals surface area contributed by atoms with E-state index in [1.807, 2.05) is 6.29 Å². The van der Waals surface area contributed by atoms with Gasteiger partial charge in [-0.25, -0.2) is 0 Å². The monoisotopic (exact) mass is 168 g/mol. The van der Waals surface area contributed by atoms with Crippen molar-refractivity contribution < 1.29 is 4.79 Å². The van der Waals surface area contributed by atoms with Gasteiger partial charge in [-0.3, -0.25) is 4.79 Å². The van der Waals surface area contributed by atoms with E-state index in [9.17, 15) is 4.79 Å². The van der Waals surface area contributed by atoms with Crippen LogP contribution in [0.5, 0.6) is 0 Å². The summed E-state index contributed by atoms with van der Waals surface area (Å²) in [5, 5.41) is 0. The summed E-state index contributed by atoms with van der Waals surface area (Å²) in [6.07, 6.45) is 6.22. The SMILES string of the molecule is CCN1CCC(CC[C]=O)CC1. The molecule has 1 aliphatic rings. The molecule has 1 fully saturated rings. The highest BCUT2D eigenvalue weighted by Crippen LogP contribution is 2.20. The van der Waals surface area contributed by atoms with Crippen LogP contribution in [0.3, 0.4) is 0 Å². The topological polar surface area (TPSA) is 20.3 Å². The first kappa shape index (κ1) is 9.72. The lowest BCUT2D eigenvalue weighted by molar-refractivity contribution is 0.188. The summed E-state index contributed by atoms with van der Waals surface area (Å²) in [5.41, 5.74) is 0. The minimum Gasteiger partial charge on any atom is -0.304 e. The molecule has 1 radical (unpaired) electrons. The molecule has 69 valence electrons. The van der Waals surface area contributed by atoms with Crippen LogP contribution in [0.25, 0.3) is 0 Å². The highest BCUT2D eigenvalue weighted by Gasteiger charge is 2.17. The second kappa shape index (κ2) is 5.31. The molecule has 0 aliphatic carbocycles. The Morgan fingerprint density at radius 3 is 2.58 bits per heavy atom. The summed E-state index contributed by atoms with van der Waals surface area (Å²) in [5.74, 6) is 0.786. The normalized spacial score (nSPS) is 21.1. The van der Waals surface area contributed by atoms with Crippen molar-refractivity contribution in [2.45, 2.75) is 32.6 Å². The molecule has 0 saturated carbocycles. The van der Waals surface area contributed by atoms with Crippen LogP contribution >= 0.6 is 0 Å². The molecular formula is C10H18NO. The third-order valence-electron chi connectivity index (χ3n) is 2.81. The van der Waals surface area contributed by atoms with E-state index in [-0.39, 0.29) is 0 Å². The molecule has 0 spiro atoms. The maximum absolute atomic E-state index is 10.0. The Kier molecular flexibility index (Phi) is 4.30. The Labute approximate surface area is 74.9 Å². The number of piperidine rings is 1. The number of hydrogen-bond acceptors (Lipinski definition) is 2. The first-order valence-electron chi connectivity index (χ1n) is 4.94. The summed E-state index contributed by atoms with van der Waals surface area (Å²) in [6, 6.07) is 0. The molecule has 0 unspecified atom stereocenters. The van der Waals surface area contributed by atoms with Crippen LogP contribution in [-0.4, -0.2) is 30.8 Å². The van der Waals surface area contributed by atoms with Gasteiger partial charge in [-0.05, 0) is 44.8 Å². The van der Waals surface area contributed by atoms with E-state index in [0.717, 1.165) is 12.3 Å². The molecule has 0 aromatic rings. The molecule has 12 heavy (non-hydrogen) atoms. The zero-order valence-electron chi connectivity index (χ0n) is 7.88. The first-order chi connectivity index (χ1) is 5.86. The maximum Gasteiger partial charge on any atom is 0.198 e. The van der Waals surface area contributed by atoms with Crippen LogP contribution in [-0.2, 0) is 4.79 Å². The van der Waals surface area contributed by atoms with Crippen molar-refractivity contribution in [2.75, 3.05) is 19.6 Å². The molecule has 1 heterocycles. The molecular weight excluding hydrogens is 150 g/mol. The van der Waals surface area contributed by atoms with Gasteiger partial charge < -0.3 is 4.90 Å². The van der Waals surface area contributed by atoms with Crippen molar-refractivity contribution in [2.24, 2.45) is 5.92 Å². The van der Waals surface area contributed by atoms with Gasteiger partial charge in [0, 0.05) is 6.42 Å². The van der Waals surface area contributed by atoms with Crippen molar-refractivity contribution in [3.05, 3.63) is 0 Å². The van der Waals surface area contributed by atoms with Gasteiger partial charge in [-0.1, -0.05) is 6.92 Å². The van der Waals surface area contributed by atoms with Crippen molar-refractivity contribution in [3.63, 3.8) is 0 Å². The zero-order valence-corrected chi connectivity index (χ0v) is 7.88. The average Bonchev–Trinajstić information content (AvgIpc) is 2.15. The Morgan fingerprint density at radius 1 is 1.42 bits per heavy atom. The van der Waals surface area contributed by atoms with Gasteiger partial charge in [-0.15, -0.1) is 0 Å². The van der Waals surface area contributed by atoms with Gasteiger partial charge >= 0.3 is 0 Å². The van der Waals surface area contributed by atoms with Gasteiger partial charge in [0.1, 0.15) is 0 Å². The van der Waals surface area contributed by atoms with E-state index < -0.39 is 0 Å².